The number of aliphatic hydroxyl groups excluding tert-OH is 2. The molecule has 0 radical (unpaired) electrons. The second-order valence-corrected chi connectivity index (χ2v) is 3.69. The molecule has 0 saturated heterocycles. The summed E-state index contributed by atoms with van der Waals surface area (Å²) in [5.74, 6) is -0.484. The second kappa shape index (κ2) is 5.44. The molecule has 0 aliphatic rings. The lowest BCUT2D eigenvalue weighted by molar-refractivity contribution is 0.416. The van der Waals surface area contributed by atoms with Crippen LogP contribution in [-0.4, -0.2) is 40.4 Å². The molecule has 0 aromatic rings. The standard InChI is InChI=1S/C6H11NO5S/c8-4-1-7(2-5-9)3-6-13(10,11)12/h1-2,4-5,8-9H,3,6H2,(H,10,11,12). The maximum atomic E-state index is 10.3. The van der Waals surface area contributed by atoms with Crippen LogP contribution in [0.2, 0.25) is 0 Å². The van der Waals surface area contributed by atoms with Crippen LogP contribution in [0.1, 0.15) is 0 Å². The van der Waals surface area contributed by atoms with Crippen LogP contribution in [0.5, 0.6) is 0 Å². The van der Waals surface area contributed by atoms with Crippen LogP contribution in [-0.2, 0) is 10.1 Å². The van der Waals surface area contributed by atoms with Gasteiger partial charge in [-0.3, -0.25) is 4.55 Å². The third-order valence-corrected chi connectivity index (χ3v) is 1.82. The summed E-state index contributed by atoms with van der Waals surface area (Å²) < 4.78 is 29.0. The Kier molecular flexibility index (Phi) is 4.93. The Morgan fingerprint density at radius 1 is 1.15 bits per heavy atom. The van der Waals surface area contributed by atoms with Gasteiger partial charge < -0.3 is 15.1 Å². The number of hydrogen-bond donors (Lipinski definition) is 3. The summed E-state index contributed by atoms with van der Waals surface area (Å²) in [4.78, 5) is 1.19. The third-order valence-electron chi connectivity index (χ3n) is 1.12. The van der Waals surface area contributed by atoms with E-state index in [4.69, 9.17) is 14.8 Å². The van der Waals surface area contributed by atoms with Gasteiger partial charge in [0, 0.05) is 18.9 Å². The average Bonchev–Trinajstić information content (AvgIpc) is 2.00. The maximum absolute atomic E-state index is 10.3. The first-order valence-corrected chi connectivity index (χ1v) is 4.93. The molecule has 0 amide bonds. The van der Waals surface area contributed by atoms with E-state index in [1.165, 1.54) is 4.90 Å². The molecule has 13 heavy (non-hydrogen) atoms. The number of aliphatic hydroxyl groups is 2. The molecule has 0 spiro atoms. The fourth-order valence-electron chi connectivity index (χ4n) is 0.591. The molecule has 76 valence electrons. The van der Waals surface area contributed by atoms with Crippen molar-refractivity contribution in [1.82, 2.24) is 4.90 Å². The highest BCUT2D eigenvalue weighted by atomic mass is 32.2. The number of hydrogen-bond acceptors (Lipinski definition) is 5. The summed E-state index contributed by atoms with van der Waals surface area (Å²) in [6.45, 7) is -0.0625. The van der Waals surface area contributed by atoms with E-state index in [2.05, 4.69) is 0 Å². The first-order valence-electron chi connectivity index (χ1n) is 3.32. The average molecular weight is 209 g/mol. The zero-order valence-electron chi connectivity index (χ0n) is 6.74. The molecule has 3 N–H and O–H groups in total. The van der Waals surface area contributed by atoms with E-state index in [9.17, 15) is 8.42 Å². The van der Waals surface area contributed by atoms with Crippen LogP contribution in [0.4, 0.5) is 0 Å². The molecule has 6 nitrogen and oxygen atoms in total. The highest BCUT2D eigenvalue weighted by Crippen LogP contribution is 1.93. The summed E-state index contributed by atoms with van der Waals surface area (Å²) in [6.07, 6.45) is 3.64. The zero-order valence-corrected chi connectivity index (χ0v) is 7.55. The largest absolute Gasteiger partial charge is 0.514 e. The van der Waals surface area contributed by atoms with Gasteiger partial charge in [0.15, 0.2) is 0 Å². The van der Waals surface area contributed by atoms with Gasteiger partial charge in [-0.15, -0.1) is 0 Å². The molecule has 0 atom stereocenters. The normalized spacial score (nSPS) is 12.7. The molecule has 0 bridgehead atoms. The SMILES string of the molecule is O=S(=O)(O)CCN(C=CO)C=CO. The summed E-state index contributed by atoms with van der Waals surface area (Å²) in [7, 11) is -4.03. The fourth-order valence-corrected chi connectivity index (χ4v) is 1.03. The molecular weight excluding hydrogens is 198 g/mol. The minimum absolute atomic E-state index is 0.0625. The highest BCUT2D eigenvalue weighted by molar-refractivity contribution is 7.85. The molecule has 7 heteroatoms. The predicted molar refractivity (Wildman–Crippen MR) is 46.7 cm³/mol. The predicted octanol–water partition coefficient (Wildman–Crippen LogP) is 0.235. The molecular formula is C6H11NO5S. The summed E-state index contributed by atoms with van der Waals surface area (Å²) >= 11 is 0. The van der Waals surface area contributed by atoms with Crippen LogP contribution < -0.4 is 0 Å². The molecule has 0 aliphatic heterocycles. The van der Waals surface area contributed by atoms with Crippen molar-refractivity contribution in [2.24, 2.45) is 0 Å². The van der Waals surface area contributed by atoms with Crippen LogP contribution in [0, 0.1) is 0 Å². The van der Waals surface area contributed by atoms with E-state index in [1.54, 1.807) is 0 Å². The number of rotatable bonds is 5. The molecule has 0 unspecified atom stereocenters. The molecule has 0 aromatic heterocycles. The van der Waals surface area contributed by atoms with Gasteiger partial charge in [0.25, 0.3) is 10.1 Å². The monoisotopic (exact) mass is 209 g/mol. The van der Waals surface area contributed by atoms with E-state index < -0.39 is 15.9 Å². The molecule has 0 aromatic carbocycles. The Bertz CT molecular complexity index is 269. The van der Waals surface area contributed by atoms with Crippen LogP contribution in [0.25, 0.3) is 0 Å². The summed E-state index contributed by atoms with van der Waals surface area (Å²) in [5.41, 5.74) is 0. The van der Waals surface area contributed by atoms with Gasteiger partial charge in [-0.25, -0.2) is 0 Å². The Morgan fingerprint density at radius 2 is 1.62 bits per heavy atom. The second-order valence-electron chi connectivity index (χ2n) is 2.12. The maximum Gasteiger partial charge on any atom is 0.266 e. The van der Waals surface area contributed by atoms with Gasteiger partial charge in [0.05, 0.1) is 18.3 Å². The van der Waals surface area contributed by atoms with Crippen molar-refractivity contribution in [3.05, 3.63) is 24.9 Å². The summed E-state index contributed by atoms with van der Waals surface area (Å²) in [6, 6.07) is 0. The Balaban J connectivity index is 4.12. The van der Waals surface area contributed by atoms with Gasteiger partial charge in [-0.05, 0) is 0 Å². The van der Waals surface area contributed by atoms with Gasteiger partial charge >= 0.3 is 0 Å². The zero-order chi connectivity index (χ0) is 10.3. The van der Waals surface area contributed by atoms with Crippen molar-refractivity contribution in [2.75, 3.05) is 12.3 Å². The van der Waals surface area contributed by atoms with Crippen molar-refractivity contribution in [2.45, 2.75) is 0 Å². The van der Waals surface area contributed by atoms with E-state index >= 15 is 0 Å². The van der Waals surface area contributed by atoms with Gasteiger partial charge in [0.1, 0.15) is 0 Å². The van der Waals surface area contributed by atoms with Crippen LogP contribution >= 0.6 is 0 Å². The van der Waals surface area contributed by atoms with E-state index in [-0.39, 0.29) is 6.54 Å². The van der Waals surface area contributed by atoms with Crippen molar-refractivity contribution < 1.29 is 23.2 Å². The molecule has 0 heterocycles. The molecule has 0 fully saturated rings. The first-order chi connectivity index (χ1) is 5.99. The van der Waals surface area contributed by atoms with Gasteiger partial charge in [-0.2, -0.15) is 8.42 Å². The van der Waals surface area contributed by atoms with Crippen LogP contribution in [0.15, 0.2) is 24.9 Å². The quantitative estimate of drug-likeness (QED) is 0.443. The molecule has 0 aliphatic carbocycles. The van der Waals surface area contributed by atoms with Gasteiger partial charge in [-0.1, -0.05) is 0 Å². The van der Waals surface area contributed by atoms with Crippen molar-refractivity contribution in [3.8, 4) is 0 Å². The summed E-state index contributed by atoms with van der Waals surface area (Å²) in [5, 5.41) is 16.7. The van der Waals surface area contributed by atoms with Gasteiger partial charge in [0.2, 0.25) is 0 Å². The van der Waals surface area contributed by atoms with Crippen LogP contribution in [0.3, 0.4) is 0 Å². The first kappa shape index (κ1) is 11.8. The minimum Gasteiger partial charge on any atom is -0.514 e. The minimum atomic E-state index is -4.03. The fraction of sp³-hybridized carbons (Fsp3) is 0.333. The number of nitrogens with zero attached hydrogens (tertiary/aromatic N) is 1. The van der Waals surface area contributed by atoms with Crippen molar-refractivity contribution in [1.29, 1.82) is 0 Å². The molecule has 0 rings (SSSR count). The lowest BCUT2D eigenvalue weighted by Gasteiger charge is -2.12. The Morgan fingerprint density at radius 3 is 1.92 bits per heavy atom. The lowest BCUT2D eigenvalue weighted by atomic mass is 10.6. The topological polar surface area (TPSA) is 98.1 Å². The van der Waals surface area contributed by atoms with E-state index in [0.29, 0.717) is 12.5 Å². The smallest absolute Gasteiger partial charge is 0.266 e. The lowest BCUT2D eigenvalue weighted by Crippen LogP contribution is -2.20. The van der Waals surface area contributed by atoms with Crippen molar-refractivity contribution >= 4 is 10.1 Å². The third kappa shape index (κ3) is 7.16. The highest BCUT2D eigenvalue weighted by Gasteiger charge is 2.05. The molecule has 0 saturated carbocycles. The van der Waals surface area contributed by atoms with E-state index in [0.717, 1.165) is 12.4 Å². The Hall–Kier alpha value is -1.21. The van der Waals surface area contributed by atoms with Crippen molar-refractivity contribution in [3.63, 3.8) is 0 Å². The van der Waals surface area contributed by atoms with E-state index in [1.807, 2.05) is 0 Å². The Labute approximate surface area is 76.2 Å².